The maximum Gasteiger partial charge on any atom is 0.133 e. The topological polar surface area (TPSA) is 35.5 Å². The Labute approximate surface area is 149 Å². The molecule has 0 radical (unpaired) electrons. The molecule has 132 valence electrons. The highest BCUT2D eigenvalue weighted by Gasteiger charge is 2.51. The second-order valence-corrected chi connectivity index (χ2v) is 7.86. The maximum absolute atomic E-state index is 12.2. The number of benzene rings is 2. The Morgan fingerprint density at radius 3 is 2.60 bits per heavy atom. The highest BCUT2D eigenvalue weighted by atomic mass is 16.5. The average molecular weight is 338 g/mol. The lowest BCUT2D eigenvalue weighted by Gasteiger charge is -2.41. The first-order valence-corrected chi connectivity index (χ1v) is 9.17. The van der Waals surface area contributed by atoms with E-state index >= 15 is 0 Å². The van der Waals surface area contributed by atoms with Crippen LogP contribution in [0.4, 0.5) is 0 Å². The van der Waals surface area contributed by atoms with Crippen molar-refractivity contribution in [2.24, 2.45) is 11.3 Å². The van der Waals surface area contributed by atoms with Gasteiger partial charge in [-0.3, -0.25) is 4.79 Å². The van der Waals surface area contributed by atoms with Crippen molar-refractivity contribution in [3.8, 4) is 11.5 Å². The van der Waals surface area contributed by atoms with E-state index in [-0.39, 0.29) is 11.3 Å². The Balaban J connectivity index is 1.92. The van der Waals surface area contributed by atoms with E-state index in [9.17, 15) is 4.79 Å². The first kappa shape index (κ1) is 16.4. The van der Waals surface area contributed by atoms with Gasteiger partial charge in [0, 0.05) is 11.3 Å². The number of ether oxygens (including phenoxy) is 2. The van der Waals surface area contributed by atoms with Crippen LogP contribution >= 0.6 is 0 Å². The molecule has 0 heterocycles. The zero-order valence-corrected chi connectivity index (χ0v) is 15.5. The SMILES string of the molecule is COc1ccc2c3c(cc(OC)c2c1)[C@H]1CC[C@@H](C(C)=O)[C@@]1(C)CC3. The van der Waals surface area contributed by atoms with Crippen LogP contribution in [0, 0.1) is 11.3 Å². The van der Waals surface area contributed by atoms with Crippen molar-refractivity contribution in [1.29, 1.82) is 0 Å². The van der Waals surface area contributed by atoms with Gasteiger partial charge in [0.1, 0.15) is 17.3 Å². The minimum absolute atomic E-state index is 0.0873. The summed E-state index contributed by atoms with van der Waals surface area (Å²) in [5.41, 5.74) is 2.92. The molecular formula is C22H26O3. The van der Waals surface area contributed by atoms with E-state index in [2.05, 4.69) is 25.1 Å². The number of rotatable bonds is 3. The number of carbonyl (C=O) groups excluding carboxylic acids is 1. The molecule has 0 spiro atoms. The van der Waals surface area contributed by atoms with E-state index in [1.807, 2.05) is 6.07 Å². The van der Waals surface area contributed by atoms with Crippen molar-refractivity contribution in [2.45, 2.75) is 45.4 Å². The molecule has 1 fully saturated rings. The number of ketones is 1. The zero-order chi connectivity index (χ0) is 17.8. The number of hydrogen-bond donors (Lipinski definition) is 0. The van der Waals surface area contributed by atoms with Crippen LogP contribution in [-0.2, 0) is 11.2 Å². The third-order valence-corrected chi connectivity index (χ3v) is 6.79. The number of aryl methyl sites for hydroxylation is 1. The van der Waals surface area contributed by atoms with Gasteiger partial charge in [-0.15, -0.1) is 0 Å². The van der Waals surface area contributed by atoms with Gasteiger partial charge in [-0.25, -0.2) is 0 Å². The molecule has 3 heteroatoms. The molecular weight excluding hydrogens is 312 g/mol. The number of hydrogen-bond acceptors (Lipinski definition) is 3. The fourth-order valence-corrected chi connectivity index (χ4v) is 5.49. The van der Waals surface area contributed by atoms with E-state index in [1.165, 1.54) is 16.5 Å². The van der Waals surface area contributed by atoms with Crippen molar-refractivity contribution in [1.82, 2.24) is 0 Å². The van der Waals surface area contributed by atoms with Gasteiger partial charge in [0.15, 0.2) is 0 Å². The zero-order valence-electron chi connectivity index (χ0n) is 15.5. The standard InChI is InChI=1S/C22H26O3/c1-13(23)19-7-8-20-17-12-21(25-4)18-11-14(24-3)5-6-15(18)16(17)9-10-22(19,20)2/h5-6,11-12,19-20H,7-10H2,1-4H3/t19-,20+,22+/m0/s1. The summed E-state index contributed by atoms with van der Waals surface area (Å²) < 4.78 is 11.1. The number of carbonyl (C=O) groups is 1. The molecule has 2 aliphatic rings. The molecule has 0 N–H and O–H groups in total. The van der Waals surface area contributed by atoms with Crippen LogP contribution in [0.15, 0.2) is 24.3 Å². The molecule has 3 atom stereocenters. The summed E-state index contributed by atoms with van der Waals surface area (Å²) in [6.07, 6.45) is 4.22. The predicted molar refractivity (Wildman–Crippen MR) is 99.6 cm³/mol. The van der Waals surface area contributed by atoms with Gasteiger partial charge < -0.3 is 9.47 Å². The number of methoxy groups -OCH3 is 2. The minimum atomic E-state index is 0.0873. The maximum atomic E-state index is 12.2. The first-order valence-electron chi connectivity index (χ1n) is 9.17. The van der Waals surface area contributed by atoms with E-state index in [1.54, 1.807) is 21.1 Å². The third-order valence-electron chi connectivity index (χ3n) is 6.79. The lowest BCUT2D eigenvalue weighted by Crippen LogP contribution is -2.35. The fraction of sp³-hybridized carbons (Fsp3) is 0.500. The number of fused-ring (bicyclic) bond motifs is 5. The van der Waals surface area contributed by atoms with Crippen molar-refractivity contribution in [3.05, 3.63) is 35.4 Å². The first-order chi connectivity index (χ1) is 12.0. The van der Waals surface area contributed by atoms with Crippen LogP contribution in [-0.4, -0.2) is 20.0 Å². The van der Waals surface area contributed by atoms with Crippen LogP contribution < -0.4 is 9.47 Å². The van der Waals surface area contributed by atoms with Crippen molar-refractivity contribution < 1.29 is 14.3 Å². The summed E-state index contributed by atoms with van der Waals surface area (Å²) in [5, 5.41) is 2.38. The van der Waals surface area contributed by atoms with E-state index in [0.717, 1.165) is 42.6 Å². The molecule has 0 aliphatic heterocycles. The van der Waals surface area contributed by atoms with Crippen molar-refractivity contribution >= 4 is 16.6 Å². The second kappa shape index (κ2) is 5.76. The molecule has 0 unspecified atom stereocenters. The summed E-state index contributed by atoms with van der Waals surface area (Å²) in [6, 6.07) is 8.48. The van der Waals surface area contributed by atoms with E-state index < -0.39 is 0 Å². The third kappa shape index (κ3) is 2.28. The summed E-state index contributed by atoms with van der Waals surface area (Å²) >= 11 is 0. The average Bonchev–Trinajstić information content (AvgIpc) is 2.97. The Kier molecular flexibility index (Phi) is 3.78. The number of Topliss-reactive ketones (excluding diaryl/α,β-unsaturated/α-hetero) is 1. The highest BCUT2D eigenvalue weighted by Crippen LogP contribution is 2.60. The summed E-state index contributed by atoms with van der Waals surface area (Å²) in [5.74, 6) is 2.76. The lowest BCUT2D eigenvalue weighted by molar-refractivity contribution is -0.124. The summed E-state index contributed by atoms with van der Waals surface area (Å²) in [4.78, 5) is 12.2. The van der Waals surface area contributed by atoms with Crippen LogP contribution in [0.5, 0.6) is 11.5 Å². The highest BCUT2D eigenvalue weighted by molar-refractivity contribution is 5.94. The summed E-state index contributed by atoms with van der Waals surface area (Å²) in [7, 11) is 3.42. The second-order valence-electron chi connectivity index (χ2n) is 7.86. The summed E-state index contributed by atoms with van der Waals surface area (Å²) in [6.45, 7) is 4.09. The van der Waals surface area contributed by atoms with Crippen LogP contribution in [0.3, 0.4) is 0 Å². The normalized spacial score (nSPS) is 27.7. The van der Waals surface area contributed by atoms with Gasteiger partial charge >= 0.3 is 0 Å². The molecule has 0 amide bonds. The minimum Gasteiger partial charge on any atom is -0.497 e. The quantitative estimate of drug-likeness (QED) is 0.799. The molecule has 0 aromatic heterocycles. The monoisotopic (exact) mass is 338 g/mol. The van der Waals surface area contributed by atoms with Crippen LogP contribution in [0.1, 0.15) is 50.2 Å². The largest absolute Gasteiger partial charge is 0.497 e. The van der Waals surface area contributed by atoms with Crippen LogP contribution in [0.2, 0.25) is 0 Å². The Hall–Kier alpha value is -2.03. The van der Waals surface area contributed by atoms with Gasteiger partial charge in [0.2, 0.25) is 0 Å². The molecule has 2 aromatic rings. The molecule has 2 aliphatic carbocycles. The smallest absolute Gasteiger partial charge is 0.133 e. The van der Waals surface area contributed by atoms with Gasteiger partial charge in [-0.2, -0.15) is 0 Å². The van der Waals surface area contributed by atoms with E-state index in [0.29, 0.717) is 11.7 Å². The van der Waals surface area contributed by atoms with Crippen molar-refractivity contribution in [2.75, 3.05) is 14.2 Å². The molecule has 4 rings (SSSR count). The Bertz CT molecular complexity index is 854. The van der Waals surface area contributed by atoms with Gasteiger partial charge in [0.25, 0.3) is 0 Å². The van der Waals surface area contributed by atoms with Gasteiger partial charge in [0.05, 0.1) is 14.2 Å². The molecule has 2 aromatic carbocycles. The van der Waals surface area contributed by atoms with E-state index in [4.69, 9.17) is 9.47 Å². The van der Waals surface area contributed by atoms with Gasteiger partial charge in [-0.1, -0.05) is 13.0 Å². The molecule has 25 heavy (non-hydrogen) atoms. The fourth-order valence-electron chi connectivity index (χ4n) is 5.49. The molecule has 1 saturated carbocycles. The molecule has 0 bridgehead atoms. The molecule has 0 saturated heterocycles. The van der Waals surface area contributed by atoms with Crippen molar-refractivity contribution in [3.63, 3.8) is 0 Å². The van der Waals surface area contributed by atoms with Gasteiger partial charge in [-0.05, 0) is 78.7 Å². The Morgan fingerprint density at radius 2 is 1.92 bits per heavy atom. The van der Waals surface area contributed by atoms with Crippen LogP contribution in [0.25, 0.3) is 10.8 Å². The lowest BCUT2D eigenvalue weighted by atomic mass is 9.62. The Morgan fingerprint density at radius 1 is 1.12 bits per heavy atom. The predicted octanol–water partition coefficient (Wildman–Crippen LogP) is 4.89. The molecule has 3 nitrogen and oxygen atoms in total.